The largest absolute Gasteiger partial charge is 0.256 e. The molecule has 0 saturated carbocycles. The van der Waals surface area contributed by atoms with Gasteiger partial charge in [-0.1, -0.05) is 54.6 Å². The molecule has 0 amide bonds. The van der Waals surface area contributed by atoms with E-state index in [-0.39, 0.29) is 5.25 Å². The first-order valence-electron chi connectivity index (χ1n) is 5.93. The molecule has 1 unspecified atom stereocenters. The van der Waals surface area contributed by atoms with Gasteiger partial charge in [0.05, 0.1) is 10.8 Å². The lowest BCUT2D eigenvalue weighted by Gasteiger charge is -2.13. The van der Waals surface area contributed by atoms with Crippen LogP contribution in [0.25, 0.3) is 10.9 Å². The van der Waals surface area contributed by atoms with Gasteiger partial charge in [0, 0.05) is 11.6 Å². The molecule has 88 valence electrons. The van der Waals surface area contributed by atoms with Crippen LogP contribution in [0, 0.1) is 0 Å². The van der Waals surface area contributed by atoms with E-state index in [0.717, 1.165) is 16.5 Å². The number of fused-ring (bicyclic) bond motifs is 1. The molecule has 2 aromatic carbocycles. The highest BCUT2D eigenvalue weighted by molar-refractivity contribution is 7.80. The molecule has 1 atom stereocenters. The van der Waals surface area contributed by atoms with Gasteiger partial charge in [0.1, 0.15) is 0 Å². The number of thiol groups is 1. The Morgan fingerprint density at radius 2 is 1.61 bits per heavy atom. The number of aromatic nitrogens is 1. The van der Waals surface area contributed by atoms with Crippen molar-refractivity contribution in [1.82, 2.24) is 4.98 Å². The fourth-order valence-electron chi connectivity index (χ4n) is 2.16. The predicted octanol–water partition coefficient (Wildman–Crippen LogP) is 4.25. The molecule has 0 N–H and O–H groups in total. The lowest BCUT2D eigenvalue weighted by Crippen LogP contribution is -1.95. The summed E-state index contributed by atoms with van der Waals surface area (Å²) in [6.45, 7) is 0. The van der Waals surface area contributed by atoms with Gasteiger partial charge >= 0.3 is 0 Å². The molecule has 2 heteroatoms. The van der Waals surface area contributed by atoms with E-state index in [9.17, 15) is 0 Å². The summed E-state index contributed by atoms with van der Waals surface area (Å²) in [7, 11) is 0. The average Bonchev–Trinajstić information content (AvgIpc) is 2.47. The zero-order valence-electron chi connectivity index (χ0n) is 9.82. The van der Waals surface area contributed by atoms with Crippen LogP contribution in [0.4, 0.5) is 0 Å². The number of pyridine rings is 1. The van der Waals surface area contributed by atoms with Gasteiger partial charge in [0.25, 0.3) is 0 Å². The maximum Gasteiger partial charge on any atom is 0.0748 e. The Morgan fingerprint density at radius 1 is 0.833 bits per heavy atom. The maximum atomic E-state index is 4.75. The average molecular weight is 251 g/mol. The summed E-state index contributed by atoms with van der Waals surface area (Å²) in [6.07, 6.45) is 1.83. The summed E-state index contributed by atoms with van der Waals surface area (Å²) in [6, 6.07) is 20.6. The fraction of sp³-hybridized carbons (Fsp3) is 0.0625. The quantitative estimate of drug-likeness (QED) is 0.672. The van der Waals surface area contributed by atoms with E-state index >= 15 is 0 Å². The molecule has 0 aliphatic rings. The van der Waals surface area contributed by atoms with Gasteiger partial charge in [0.15, 0.2) is 0 Å². The van der Waals surface area contributed by atoms with Gasteiger partial charge < -0.3 is 0 Å². The molecule has 3 aromatic rings. The molecule has 1 heterocycles. The lowest BCUT2D eigenvalue weighted by atomic mass is 10.0. The minimum absolute atomic E-state index is 0.0600. The molecule has 0 fully saturated rings. The number of para-hydroxylation sites is 1. The standard InChI is InChI=1S/C16H13NS/c18-16(13-6-2-1-3-7-13)14-10-4-8-12-9-5-11-17-15(12)14/h1-11,16,18H. The Hall–Kier alpha value is -1.80. The summed E-state index contributed by atoms with van der Waals surface area (Å²) in [5.41, 5.74) is 3.38. The Labute approximate surface area is 112 Å². The Balaban J connectivity index is 2.15. The molecule has 0 radical (unpaired) electrons. The lowest BCUT2D eigenvalue weighted by molar-refractivity contribution is 1.17. The second-order valence-corrected chi connectivity index (χ2v) is 4.75. The molecule has 18 heavy (non-hydrogen) atoms. The van der Waals surface area contributed by atoms with E-state index in [2.05, 4.69) is 41.4 Å². The molecule has 1 aromatic heterocycles. The molecular weight excluding hydrogens is 238 g/mol. The number of nitrogens with zero attached hydrogens (tertiary/aromatic N) is 1. The monoisotopic (exact) mass is 251 g/mol. The third-order valence-electron chi connectivity index (χ3n) is 3.07. The van der Waals surface area contributed by atoms with Crippen LogP contribution in [0.1, 0.15) is 16.4 Å². The summed E-state index contributed by atoms with van der Waals surface area (Å²) >= 11 is 4.75. The van der Waals surface area contributed by atoms with E-state index in [1.807, 2.05) is 30.5 Å². The summed E-state index contributed by atoms with van der Waals surface area (Å²) < 4.78 is 0. The number of hydrogen-bond donors (Lipinski definition) is 1. The highest BCUT2D eigenvalue weighted by atomic mass is 32.1. The summed E-state index contributed by atoms with van der Waals surface area (Å²) in [4.78, 5) is 4.48. The molecule has 0 bridgehead atoms. The van der Waals surface area contributed by atoms with Crippen LogP contribution in [0.3, 0.4) is 0 Å². The van der Waals surface area contributed by atoms with Gasteiger partial charge in [-0.15, -0.1) is 0 Å². The third kappa shape index (κ3) is 2.00. The van der Waals surface area contributed by atoms with Crippen molar-refractivity contribution in [2.24, 2.45) is 0 Å². The maximum absolute atomic E-state index is 4.75. The normalized spacial score (nSPS) is 12.5. The topological polar surface area (TPSA) is 12.9 Å². The second-order valence-electron chi connectivity index (χ2n) is 4.24. The van der Waals surface area contributed by atoms with Crippen LogP contribution < -0.4 is 0 Å². The minimum Gasteiger partial charge on any atom is -0.256 e. The molecule has 0 aliphatic heterocycles. The van der Waals surface area contributed by atoms with E-state index in [4.69, 9.17) is 12.6 Å². The third-order valence-corrected chi connectivity index (χ3v) is 3.65. The second kappa shape index (κ2) is 4.83. The smallest absolute Gasteiger partial charge is 0.0748 e. The van der Waals surface area contributed by atoms with Gasteiger partial charge in [-0.25, -0.2) is 0 Å². The van der Waals surface area contributed by atoms with Crippen molar-refractivity contribution in [2.75, 3.05) is 0 Å². The van der Waals surface area contributed by atoms with Crippen LogP contribution in [0.15, 0.2) is 66.9 Å². The predicted molar refractivity (Wildman–Crippen MR) is 79.0 cm³/mol. The SMILES string of the molecule is SC(c1ccccc1)c1cccc2cccnc12. The van der Waals surface area contributed by atoms with Crippen molar-refractivity contribution in [1.29, 1.82) is 0 Å². The Kier molecular flexibility index (Phi) is 3.03. The van der Waals surface area contributed by atoms with Gasteiger partial charge in [-0.3, -0.25) is 4.98 Å². The number of hydrogen-bond acceptors (Lipinski definition) is 2. The summed E-state index contributed by atoms with van der Waals surface area (Å²) in [5.74, 6) is 0. The van der Waals surface area contributed by atoms with E-state index in [1.54, 1.807) is 0 Å². The Bertz CT molecular complexity index is 659. The van der Waals surface area contributed by atoms with Crippen molar-refractivity contribution >= 4 is 23.5 Å². The zero-order valence-corrected chi connectivity index (χ0v) is 10.7. The van der Waals surface area contributed by atoms with Crippen LogP contribution in [-0.2, 0) is 0 Å². The molecule has 0 aliphatic carbocycles. The molecule has 0 spiro atoms. The number of rotatable bonds is 2. The minimum atomic E-state index is 0.0600. The van der Waals surface area contributed by atoms with E-state index in [1.165, 1.54) is 5.56 Å². The van der Waals surface area contributed by atoms with Crippen LogP contribution >= 0.6 is 12.6 Å². The highest BCUT2D eigenvalue weighted by Gasteiger charge is 2.12. The Morgan fingerprint density at radius 3 is 2.44 bits per heavy atom. The summed E-state index contributed by atoms with van der Waals surface area (Å²) in [5, 5.41) is 1.22. The van der Waals surface area contributed by atoms with Crippen molar-refractivity contribution in [3.8, 4) is 0 Å². The fourth-order valence-corrected chi connectivity index (χ4v) is 2.54. The van der Waals surface area contributed by atoms with E-state index < -0.39 is 0 Å². The van der Waals surface area contributed by atoms with Gasteiger partial charge in [-0.2, -0.15) is 12.6 Å². The van der Waals surface area contributed by atoms with Crippen molar-refractivity contribution in [2.45, 2.75) is 5.25 Å². The van der Waals surface area contributed by atoms with E-state index in [0.29, 0.717) is 0 Å². The van der Waals surface area contributed by atoms with Crippen molar-refractivity contribution in [3.63, 3.8) is 0 Å². The van der Waals surface area contributed by atoms with Gasteiger partial charge in [0.2, 0.25) is 0 Å². The van der Waals surface area contributed by atoms with Crippen molar-refractivity contribution < 1.29 is 0 Å². The molecule has 1 nitrogen and oxygen atoms in total. The van der Waals surface area contributed by atoms with Crippen LogP contribution in [0.2, 0.25) is 0 Å². The first kappa shape index (κ1) is 11.3. The molecule has 3 rings (SSSR count). The van der Waals surface area contributed by atoms with Gasteiger partial charge in [-0.05, 0) is 17.2 Å². The van der Waals surface area contributed by atoms with Crippen LogP contribution in [-0.4, -0.2) is 4.98 Å². The first-order valence-corrected chi connectivity index (χ1v) is 6.44. The highest BCUT2D eigenvalue weighted by Crippen LogP contribution is 2.32. The molecule has 0 saturated heterocycles. The zero-order chi connectivity index (χ0) is 12.4. The molecular formula is C16H13NS. The van der Waals surface area contributed by atoms with Crippen LogP contribution in [0.5, 0.6) is 0 Å². The van der Waals surface area contributed by atoms with Crippen molar-refractivity contribution in [3.05, 3.63) is 78.0 Å². The first-order chi connectivity index (χ1) is 8.86. The number of benzene rings is 2.